The Labute approximate surface area is 173 Å². The van der Waals surface area contributed by atoms with Crippen molar-refractivity contribution in [2.45, 2.75) is 6.17 Å². The summed E-state index contributed by atoms with van der Waals surface area (Å²) in [5.41, 5.74) is 2.85. The molecule has 0 saturated heterocycles. The van der Waals surface area contributed by atoms with Crippen molar-refractivity contribution in [1.29, 1.82) is 0 Å². The number of hydrogen-bond donors (Lipinski definition) is 1. The fraction of sp³-hybridized carbons (Fsp3) is 0.130. The number of amides is 1. The minimum atomic E-state index is -1.29. The number of carbonyl (C=O) groups excluding carboxylic acids is 2. The van der Waals surface area contributed by atoms with Crippen LogP contribution < -0.4 is 24.8 Å². The number of fused-ring (bicyclic) bond motifs is 1. The fourth-order valence-electron chi connectivity index (χ4n) is 3.38. The maximum Gasteiger partial charge on any atom is 0.262 e. The van der Waals surface area contributed by atoms with Crippen molar-refractivity contribution in [1.82, 2.24) is 0 Å². The standard InChI is InChI=1S/C23H20N2O5/c1-29-17-12-8-16(9-13-17)25-22(24-20-5-3-2-4-19(20)23(25)28)15-6-10-18(11-7-15)30-14-21(26)27/h2-13,22,24H,14H2,1H3,(H,26,27)/p-1/t22-/m1/s1. The van der Waals surface area contributed by atoms with Gasteiger partial charge in [-0.05, 0) is 54.1 Å². The highest BCUT2D eigenvalue weighted by atomic mass is 16.5. The number of anilines is 2. The molecule has 0 fully saturated rings. The van der Waals surface area contributed by atoms with Crippen LogP contribution in [0.5, 0.6) is 11.5 Å². The molecule has 1 N–H and O–H groups in total. The third kappa shape index (κ3) is 3.77. The predicted molar refractivity (Wildman–Crippen MR) is 110 cm³/mol. The van der Waals surface area contributed by atoms with Crippen LogP contribution in [0.15, 0.2) is 72.8 Å². The molecule has 0 unspecified atom stereocenters. The Bertz CT molecular complexity index is 1060. The van der Waals surface area contributed by atoms with Gasteiger partial charge in [-0.1, -0.05) is 24.3 Å². The molecule has 1 amide bonds. The molecule has 0 spiro atoms. The van der Waals surface area contributed by atoms with Crippen LogP contribution in [0.1, 0.15) is 22.1 Å². The van der Waals surface area contributed by atoms with E-state index in [0.29, 0.717) is 22.7 Å². The average molecular weight is 403 g/mol. The van der Waals surface area contributed by atoms with Gasteiger partial charge in [0.1, 0.15) is 24.3 Å². The molecule has 1 aliphatic heterocycles. The van der Waals surface area contributed by atoms with E-state index in [1.807, 2.05) is 30.3 Å². The van der Waals surface area contributed by atoms with Gasteiger partial charge in [-0.2, -0.15) is 0 Å². The maximum absolute atomic E-state index is 13.4. The number of carboxylic acid groups (broad SMARTS) is 1. The summed E-state index contributed by atoms with van der Waals surface area (Å²) >= 11 is 0. The summed E-state index contributed by atoms with van der Waals surface area (Å²) in [5, 5.41) is 14.0. The highest BCUT2D eigenvalue weighted by molar-refractivity contribution is 6.12. The molecule has 3 aromatic rings. The third-order valence-electron chi connectivity index (χ3n) is 4.83. The molecule has 0 aliphatic carbocycles. The van der Waals surface area contributed by atoms with E-state index in [1.54, 1.807) is 54.5 Å². The van der Waals surface area contributed by atoms with Crippen molar-refractivity contribution < 1.29 is 24.2 Å². The van der Waals surface area contributed by atoms with Crippen molar-refractivity contribution in [2.75, 3.05) is 23.9 Å². The fourth-order valence-corrected chi connectivity index (χ4v) is 3.38. The first-order valence-electron chi connectivity index (χ1n) is 9.32. The third-order valence-corrected chi connectivity index (χ3v) is 4.83. The summed E-state index contributed by atoms with van der Waals surface area (Å²) in [7, 11) is 1.59. The van der Waals surface area contributed by atoms with Gasteiger partial charge in [0.15, 0.2) is 0 Å². The van der Waals surface area contributed by atoms with Gasteiger partial charge in [-0.15, -0.1) is 0 Å². The Morgan fingerprint density at radius 1 is 1.00 bits per heavy atom. The summed E-state index contributed by atoms with van der Waals surface area (Å²) in [6, 6.07) is 21.5. The normalized spacial score (nSPS) is 15.2. The van der Waals surface area contributed by atoms with Crippen LogP contribution in [-0.2, 0) is 4.79 Å². The Morgan fingerprint density at radius 2 is 1.67 bits per heavy atom. The lowest BCUT2D eigenvalue weighted by Gasteiger charge is -2.38. The number of rotatable bonds is 6. The van der Waals surface area contributed by atoms with E-state index in [4.69, 9.17) is 9.47 Å². The zero-order valence-electron chi connectivity index (χ0n) is 16.2. The van der Waals surface area contributed by atoms with Gasteiger partial charge in [0, 0.05) is 11.4 Å². The van der Waals surface area contributed by atoms with Gasteiger partial charge in [-0.25, -0.2) is 0 Å². The van der Waals surface area contributed by atoms with E-state index in [9.17, 15) is 14.7 Å². The van der Waals surface area contributed by atoms with Crippen LogP contribution >= 0.6 is 0 Å². The molecule has 30 heavy (non-hydrogen) atoms. The Hall–Kier alpha value is -4.00. The second-order valence-electron chi connectivity index (χ2n) is 6.70. The molecule has 1 heterocycles. The lowest BCUT2D eigenvalue weighted by atomic mass is 10.0. The van der Waals surface area contributed by atoms with E-state index in [2.05, 4.69) is 5.32 Å². The SMILES string of the molecule is COc1ccc(N2C(=O)c3ccccc3N[C@H]2c2ccc(OCC(=O)[O-])cc2)cc1. The monoisotopic (exact) mass is 403 g/mol. The van der Waals surface area contributed by atoms with E-state index in [1.165, 1.54) is 0 Å². The molecule has 0 radical (unpaired) electrons. The first kappa shape index (κ1) is 19.3. The summed E-state index contributed by atoms with van der Waals surface area (Å²) in [4.78, 5) is 25.6. The second-order valence-corrected chi connectivity index (χ2v) is 6.70. The molecule has 0 saturated carbocycles. The number of hydrogen-bond acceptors (Lipinski definition) is 6. The molecule has 3 aromatic carbocycles. The molecule has 1 aliphatic rings. The molecule has 0 aromatic heterocycles. The molecule has 152 valence electrons. The molecular weight excluding hydrogens is 384 g/mol. The van der Waals surface area contributed by atoms with Crippen LogP contribution in [0.25, 0.3) is 0 Å². The largest absolute Gasteiger partial charge is 0.546 e. The van der Waals surface area contributed by atoms with Crippen LogP contribution in [0.4, 0.5) is 11.4 Å². The molecular formula is C23H19N2O5-. The molecule has 7 nitrogen and oxygen atoms in total. The average Bonchev–Trinajstić information content (AvgIpc) is 2.78. The van der Waals surface area contributed by atoms with Gasteiger partial charge in [-0.3, -0.25) is 9.69 Å². The predicted octanol–water partition coefficient (Wildman–Crippen LogP) is 2.59. The minimum Gasteiger partial charge on any atom is -0.546 e. The summed E-state index contributed by atoms with van der Waals surface area (Å²) in [5.74, 6) is -0.318. The number of benzene rings is 3. The Kier molecular flexibility index (Phi) is 5.26. The van der Waals surface area contributed by atoms with Crippen molar-refractivity contribution in [3.8, 4) is 11.5 Å². The second kappa shape index (κ2) is 8.16. The van der Waals surface area contributed by atoms with Crippen molar-refractivity contribution in [3.63, 3.8) is 0 Å². The van der Waals surface area contributed by atoms with E-state index >= 15 is 0 Å². The summed E-state index contributed by atoms with van der Waals surface area (Å²) in [6.07, 6.45) is -0.462. The van der Waals surface area contributed by atoms with Crippen LogP contribution in [0.2, 0.25) is 0 Å². The van der Waals surface area contributed by atoms with Crippen LogP contribution in [0, 0.1) is 0 Å². The van der Waals surface area contributed by atoms with Gasteiger partial charge in [0.25, 0.3) is 5.91 Å². The van der Waals surface area contributed by atoms with Gasteiger partial charge < -0.3 is 24.7 Å². The number of aliphatic carboxylic acids is 1. The van der Waals surface area contributed by atoms with Crippen molar-refractivity contribution in [3.05, 3.63) is 83.9 Å². The number of nitrogens with one attached hydrogen (secondary N) is 1. The lowest BCUT2D eigenvalue weighted by molar-refractivity contribution is -0.307. The number of para-hydroxylation sites is 1. The number of carbonyl (C=O) groups is 2. The number of methoxy groups -OCH3 is 1. The highest BCUT2D eigenvalue weighted by Crippen LogP contribution is 2.37. The molecule has 4 rings (SSSR count). The van der Waals surface area contributed by atoms with Crippen LogP contribution in [-0.4, -0.2) is 25.6 Å². The maximum atomic E-state index is 13.4. The molecule has 1 atom stereocenters. The Morgan fingerprint density at radius 3 is 2.33 bits per heavy atom. The molecule has 7 heteroatoms. The minimum absolute atomic E-state index is 0.128. The van der Waals surface area contributed by atoms with E-state index < -0.39 is 18.7 Å². The number of carboxylic acids is 1. The van der Waals surface area contributed by atoms with Crippen LogP contribution in [0.3, 0.4) is 0 Å². The van der Waals surface area contributed by atoms with Crippen molar-refractivity contribution >= 4 is 23.3 Å². The highest BCUT2D eigenvalue weighted by Gasteiger charge is 2.34. The van der Waals surface area contributed by atoms with Gasteiger partial charge >= 0.3 is 0 Å². The van der Waals surface area contributed by atoms with Gasteiger partial charge in [0.05, 0.1) is 18.6 Å². The topological polar surface area (TPSA) is 90.9 Å². The van der Waals surface area contributed by atoms with E-state index in [0.717, 1.165) is 11.3 Å². The number of ether oxygens (including phenoxy) is 2. The number of nitrogens with zero attached hydrogens (tertiary/aromatic N) is 1. The smallest absolute Gasteiger partial charge is 0.262 e. The van der Waals surface area contributed by atoms with E-state index in [-0.39, 0.29) is 5.91 Å². The quantitative estimate of drug-likeness (QED) is 0.680. The first-order valence-corrected chi connectivity index (χ1v) is 9.32. The lowest BCUT2D eigenvalue weighted by Crippen LogP contribution is -2.43. The first-order chi connectivity index (χ1) is 14.6. The Balaban J connectivity index is 1.71. The molecule has 0 bridgehead atoms. The zero-order valence-corrected chi connectivity index (χ0v) is 16.2. The van der Waals surface area contributed by atoms with Gasteiger partial charge in [0.2, 0.25) is 0 Å². The zero-order chi connectivity index (χ0) is 21.1. The summed E-state index contributed by atoms with van der Waals surface area (Å²) in [6.45, 7) is -0.523. The summed E-state index contributed by atoms with van der Waals surface area (Å²) < 4.78 is 10.4. The van der Waals surface area contributed by atoms with Crippen molar-refractivity contribution in [2.24, 2.45) is 0 Å².